The number of hydrogen-bond acceptors (Lipinski definition) is 5. The van der Waals surface area contributed by atoms with Crippen LogP contribution in [0.1, 0.15) is 6.92 Å². The van der Waals surface area contributed by atoms with Gasteiger partial charge in [-0.1, -0.05) is 0 Å². The van der Waals surface area contributed by atoms with E-state index >= 15 is 0 Å². The van der Waals surface area contributed by atoms with Crippen molar-refractivity contribution in [3.63, 3.8) is 0 Å². The third-order valence-corrected chi connectivity index (χ3v) is 4.82. The Balaban J connectivity index is 3.07. The fourth-order valence-corrected chi connectivity index (χ4v) is 3.83. The summed E-state index contributed by atoms with van der Waals surface area (Å²) in [6, 6.07) is 4.73. The highest BCUT2D eigenvalue weighted by Crippen LogP contribution is 2.25. The number of nitrogen functional groups attached to an aromatic ring is 1. The number of hydrogen-bond donors (Lipinski definition) is 1. The van der Waals surface area contributed by atoms with E-state index in [-0.39, 0.29) is 16.3 Å². The van der Waals surface area contributed by atoms with Crippen molar-refractivity contribution in [3.05, 3.63) is 18.2 Å². The van der Waals surface area contributed by atoms with Crippen molar-refractivity contribution < 1.29 is 13.2 Å². The van der Waals surface area contributed by atoms with Crippen LogP contribution in [0.2, 0.25) is 0 Å². The van der Waals surface area contributed by atoms with Crippen LogP contribution in [-0.2, 0) is 9.84 Å². The van der Waals surface area contributed by atoms with E-state index in [1.165, 1.54) is 17.8 Å². The second-order valence-electron chi connectivity index (χ2n) is 3.44. The summed E-state index contributed by atoms with van der Waals surface area (Å²) in [6.07, 6.45) is 1.87. The maximum absolute atomic E-state index is 12.0. The van der Waals surface area contributed by atoms with E-state index < -0.39 is 9.84 Å². The Hall–Kier alpha value is -0.880. The molecule has 0 fully saturated rings. The number of thioether (sulfide) groups is 1. The third-order valence-electron chi connectivity index (χ3n) is 2.19. The van der Waals surface area contributed by atoms with Crippen LogP contribution < -0.4 is 10.5 Å². The molecule has 0 aliphatic heterocycles. The summed E-state index contributed by atoms with van der Waals surface area (Å²) < 4.78 is 29.3. The van der Waals surface area contributed by atoms with Gasteiger partial charge in [-0.15, -0.1) is 0 Å². The normalized spacial score (nSPS) is 11.4. The molecule has 0 aromatic heterocycles. The fraction of sp³-hybridized carbons (Fsp3) is 0.455. The lowest BCUT2D eigenvalue weighted by Crippen LogP contribution is -2.11. The number of anilines is 1. The van der Waals surface area contributed by atoms with Gasteiger partial charge in [0, 0.05) is 11.8 Å². The Morgan fingerprint density at radius 2 is 2.12 bits per heavy atom. The van der Waals surface area contributed by atoms with E-state index in [0.29, 0.717) is 18.1 Å². The second kappa shape index (κ2) is 6.16. The van der Waals surface area contributed by atoms with Gasteiger partial charge in [-0.05, 0) is 25.3 Å². The van der Waals surface area contributed by atoms with Gasteiger partial charge >= 0.3 is 0 Å². The Labute approximate surface area is 106 Å². The molecule has 96 valence electrons. The summed E-state index contributed by atoms with van der Waals surface area (Å²) in [5, 5.41) is 0. The molecule has 2 N–H and O–H groups in total. The summed E-state index contributed by atoms with van der Waals surface area (Å²) >= 11 is 1.49. The van der Waals surface area contributed by atoms with E-state index in [4.69, 9.17) is 10.5 Å². The minimum Gasteiger partial charge on any atom is -0.494 e. The van der Waals surface area contributed by atoms with Gasteiger partial charge < -0.3 is 10.5 Å². The van der Waals surface area contributed by atoms with E-state index in [0.717, 1.165) is 0 Å². The van der Waals surface area contributed by atoms with Gasteiger partial charge in [-0.25, -0.2) is 8.42 Å². The molecule has 0 heterocycles. The van der Waals surface area contributed by atoms with Crippen molar-refractivity contribution >= 4 is 27.3 Å². The van der Waals surface area contributed by atoms with E-state index in [1.54, 1.807) is 12.1 Å². The zero-order valence-electron chi connectivity index (χ0n) is 9.97. The highest BCUT2D eigenvalue weighted by molar-refractivity contribution is 8.00. The Morgan fingerprint density at radius 3 is 2.71 bits per heavy atom. The second-order valence-corrected chi connectivity index (χ2v) is 6.51. The largest absolute Gasteiger partial charge is 0.494 e. The van der Waals surface area contributed by atoms with E-state index in [1.807, 2.05) is 13.2 Å². The molecule has 0 radical (unpaired) electrons. The molecule has 0 saturated carbocycles. The lowest BCUT2D eigenvalue weighted by molar-refractivity contribution is 0.339. The van der Waals surface area contributed by atoms with Crippen molar-refractivity contribution in [2.24, 2.45) is 0 Å². The predicted molar refractivity (Wildman–Crippen MR) is 72.5 cm³/mol. The van der Waals surface area contributed by atoms with Crippen molar-refractivity contribution in [2.75, 3.05) is 30.1 Å². The molecule has 17 heavy (non-hydrogen) atoms. The molecule has 1 aromatic rings. The van der Waals surface area contributed by atoms with Gasteiger partial charge in [-0.2, -0.15) is 11.8 Å². The number of nitrogens with two attached hydrogens (primary N) is 1. The average Bonchev–Trinajstić information content (AvgIpc) is 2.29. The van der Waals surface area contributed by atoms with Crippen LogP contribution in [0.4, 0.5) is 5.69 Å². The van der Waals surface area contributed by atoms with Crippen molar-refractivity contribution in [1.82, 2.24) is 0 Å². The van der Waals surface area contributed by atoms with Crippen LogP contribution >= 0.6 is 11.8 Å². The van der Waals surface area contributed by atoms with Crippen LogP contribution in [0.15, 0.2) is 23.1 Å². The first kappa shape index (κ1) is 14.2. The van der Waals surface area contributed by atoms with Crippen molar-refractivity contribution in [1.29, 1.82) is 0 Å². The molecule has 0 atom stereocenters. The molecule has 1 aromatic carbocycles. The average molecular weight is 275 g/mol. The van der Waals surface area contributed by atoms with Crippen LogP contribution in [-0.4, -0.2) is 32.8 Å². The molecule has 0 bridgehead atoms. The fourth-order valence-electron chi connectivity index (χ4n) is 1.34. The van der Waals surface area contributed by atoms with Gasteiger partial charge in [0.15, 0.2) is 9.84 Å². The molecule has 0 unspecified atom stereocenters. The van der Waals surface area contributed by atoms with Gasteiger partial charge in [-0.3, -0.25) is 0 Å². The summed E-state index contributed by atoms with van der Waals surface area (Å²) in [5.74, 6) is 1.18. The summed E-state index contributed by atoms with van der Waals surface area (Å²) in [5.41, 5.74) is 5.97. The van der Waals surface area contributed by atoms with Crippen molar-refractivity contribution in [3.8, 4) is 5.75 Å². The molecule has 0 saturated heterocycles. The molecule has 4 nitrogen and oxygen atoms in total. The molecular weight excluding hydrogens is 258 g/mol. The topological polar surface area (TPSA) is 69.4 Å². The molecule has 1 rings (SSSR count). The van der Waals surface area contributed by atoms with Crippen molar-refractivity contribution in [2.45, 2.75) is 11.8 Å². The van der Waals surface area contributed by atoms with Crippen LogP contribution in [0.25, 0.3) is 0 Å². The molecule has 6 heteroatoms. The van der Waals surface area contributed by atoms with Gasteiger partial charge in [0.25, 0.3) is 0 Å². The quantitative estimate of drug-likeness (QED) is 0.802. The Bertz CT molecular complexity index is 472. The highest BCUT2D eigenvalue weighted by atomic mass is 32.2. The van der Waals surface area contributed by atoms with Gasteiger partial charge in [0.1, 0.15) is 5.75 Å². The minimum atomic E-state index is -3.32. The molecule has 0 amide bonds. The number of ether oxygens (including phenoxy) is 1. The third kappa shape index (κ3) is 3.81. The van der Waals surface area contributed by atoms with Crippen LogP contribution in [0.5, 0.6) is 5.75 Å². The highest BCUT2D eigenvalue weighted by Gasteiger charge is 2.18. The molecular formula is C11H17NO3S2. The summed E-state index contributed by atoms with van der Waals surface area (Å²) in [6.45, 7) is 2.34. The molecule has 0 aliphatic carbocycles. The summed E-state index contributed by atoms with van der Waals surface area (Å²) in [7, 11) is -3.32. The van der Waals surface area contributed by atoms with Crippen LogP contribution in [0.3, 0.4) is 0 Å². The van der Waals surface area contributed by atoms with Gasteiger partial charge in [0.2, 0.25) is 0 Å². The minimum absolute atomic E-state index is 0.0912. The SMILES string of the molecule is CCOc1ccc(N)c(S(=O)(=O)CCSC)c1. The van der Waals surface area contributed by atoms with E-state index in [2.05, 4.69) is 0 Å². The molecule has 0 spiro atoms. The standard InChI is InChI=1S/C11H17NO3S2/c1-3-15-9-4-5-10(12)11(8-9)17(13,14)7-6-16-2/h4-5,8H,3,6-7,12H2,1-2H3. The first-order chi connectivity index (χ1) is 8.01. The zero-order chi connectivity index (χ0) is 12.9. The lowest BCUT2D eigenvalue weighted by Gasteiger charge is -2.09. The maximum atomic E-state index is 12.0. The number of sulfone groups is 1. The number of rotatable bonds is 6. The van der Waals surface area contributed by atoms with Gasteiger partial charge in [0.05, 0.1) is 22.9 Å². The first-order valence-corrected chi connectivity index (χ1v) is 8.30. The Kier molecular flexibility index (Phi) is 5.14. The zero-order valence-corrected chi connectivity index (χ0v) is 11.6. The summed E-state index contributed by atoms with van der Waals surface area (Å²) in [4.78, 5) is 0.164. The van der Waals surface area contributed by atoms with Crippen LogP contribution in [0, 0.1) is 0 Å². The Morgan fingerprint density at radius 1 is 1.41 bits per heavy atom. The predicted octanol–water partition coefficient (Wildman–Crippen LogP) is 1.80. The lowest BCUT2D eigenvalue weighted by atomic mass is 10.3. The molecule has 0 aliphatic rings. The smallest absolute Gasteiger partial charge is 0.181 e. The first-order valence-electron chi connectivity index (χ1n) is 5.25. The van der Waals surface area contributed by atoms with E-state index in [9.17, 15) is 8.42 Å². The monoisotopic (exact) mass is 275 g/mol. The maximum Gasteiger partial charge on any atom is 0.181 e. The number of benzene rings is 1.